The van der Waals surface area contributed by atoms with Gasteiger partial charge in [0.05, 0.1) is 4.90 Å². The van der Waals surface area contributed by atoms with E-state index in [0.29, 0.717) is 23.8 Å². The second-order valence-corrected chi connectivity index (χ2v) is 13.1. The van der Waals surface area contributed by atoms with Crippen LogP contribution in [0.25, 0.3) is 0 Å². The third-order valence-electron chi connectivity index (χ3n) is 7.11. The monoisotopic (exact) mass is 585 g/mol. The third kappa shape index (κ3) is 7.03. The summed E-state index contributed by atoms with van der Waals surface area (Å²) < 4.78 is 3.30. The molecule has 0 aliphatic carbocycles. The lowest BCUT2D eigenvalue weighted by molar-refractivity contribution is 0.280. The van der Waals surface area contributed by atoms with Crippen molar-refractivity contribution in [2.75, 3.05) is 26.7 Å². The van der Waals surface area contributed by atoms with Crippen LogP contribution in [0.15, 0.2) is 82.1 Å². The highest BCUT2D eigenvalue weighted by Crippen LogP contribution is 2.45. The molecule has 0 aromatic heterocycles. The standard InChI is InChI=1S/C30H40BrN3O2S/c1-7-26(31)23(3)33(4)29(16-15-25-12-8-9-13-27(25)35)32-21-24-17-19-34(20-18-24)37(5,6)30-22(2)11-10-14-28(30)36/h7-14,16,24,32,35-36H,1,5-6,15,17-21H2,2-4H3/b26-23+,29-16-. The normalized spacial score (nSPS) is 16.3. The Hall–Kier alpha value is -2.61. The molecular weight excluding hydrogens is 546 g/mol. The van der Waals surface area contributed by atoms with Crippen molar-refractivity contribution in [2.24, 2.45) is 5.92 Å². The minimum Gasteiger partial charge on any atom is -0.508 e. The first-order valence-electron chi connectivity index (χ1n) is 12.5. The zero-order valence-electron chi connectivity index (χ0n) is 22.2. The molecule has 2 aromatic rings. The summed E-state index contributed by atoms with van der Waals surface area (Å²) in [6.07, 6.45) is 6.59. The summed E-state index contributed by atoms with van der Waals surface area (Å²) in [5.74, 6) is 11.1. The van der Waals surface area contributed by atoms with Crippen molar-refractivity contribution in [1.82, 2.24) is 14.5 Å². The van der Waals surface area contributed by atoms with Crippen molar-refractivity contribution in [3.05, 3.63) is 88.3 Å². The molecule has 200 valence electrons. The summed E-state index contributed by atoms with van der Waals surface area (Å²) in [5, 5.41) is 24.4. The van der Waals surface area contributed by atoms with Crippen LogP contribution < -0.4 is 5.32 Å². The molecule has 0 spiro atoms. The quantitative estimate of drug-likeness (QED) is 0.220. The molecule has 1 aliphatic heterocycles. The topological polar surface area (TPSA) is 59.0 Å². The van der Waals surface area contributed by atoms with Crippen LogP contribution >= 0.6 is 25.3 Å². The van der Waals surface area contributed by atoms with Crippen molar-refractivity contribution >= 4 is 37.1 Å². The van der Waals surface area contributed by atoms with Gasteiger partial charge in [-0.1, -0.05) is 54.7 Å². The van der Waals surface area contributed by atoms with Gasteiger partial charge in [-0.05, 0) is 84.3 Å². The first-order valence-corrected chi connectivity index (χ1v) is 15.2. The van der Waals surface area contributed by atoms with Crippen LogP contribution in [0.5, 0.6) is 11.5 Å². The summed E-state index contributed by atoms with van der Waals surface area (Å²) in [7, 11) is 0.272. The van der Waals surface area contributed by atoms with Crippen LogP contribution in [-0.4, -0.2) is 57.8 Å². The zero-order chi connectivity index (χ0) is 27.2. The van der Waals surface area contributed by atoms with Crippen molar-refractivity contribution in [2.45, 2.75) is 38.0 Å². The van der Waals surface area contributed by atoms with Crippen LogP contribution in [0.2, 0.25) is 0 Å². The first-order chi connectivity index (χ1) is 17.6. The maximum absolute atomic E-state index is 10.5. The van der Waals surface area contributed by atoms with Gasteiger partial charge in [-0.2, -0.15) is 0 Å². The van der Waals surface area contributed by atoms with Gasteiger partial charge in [-0.25, -0.2) is 0 Å². The molecule has 0 amide bonds. The van der Waals surface area contributed by atoms with E-state index in [0.717, 1.165) is 64.5 Å². The average Bonchev–Trinajstić information content (AvgIpc) is 2.88. The van der Waals surface area contributed by atoms with Crippen molar-refractivity contribution < 1.29 is 10.2 Å². The third-order valence-corrected chi connectivity index (χ3v) is 10.6. The Balaban J connectivity index is 1.70. The van der Waals surface area contributed by atoms with E-state index in [1.54, 1.807) is 18.2 Å². The van der Waals surface area contributed by atoms with Crippen LogP contribution in [-0.2, 0) is 6.42 Å². The molecule has 0 radical (unpaired) electrons. The number of aromatic hydroxyl groups is 2. The number of nitrogens with one attached hydrogen (secondary N) is 1. The Kier molecular flexibility index (Phi) is 9.99. The van der Waals surface area contributed by atoms with Gasteiger partial charge in [0.2, 0.25) is 0 Å². The molecule has 1 fully saturated rings. The Morgan fingerprint density at radius 1 is 1.14 bits per heavy atom. The number of hydrogen-bond donors (Lipinski definition) is 3. The predicted molar refractivity (Wildman–Crippen MR) is 165 cm³/mol. The number of halogens is 1. The van der Waals surface area contributed by atoms with Gasteiger partial charge >= 0.3 is 0 Å². The second-order valence-electron chi connectivity index (χ2n) is 9.64. The van der Waals surface area contributed by atoms with Gasteiger partial charge in [0.25, 0.3) is 0 Å². The summed E-state index contributed by atoms with van der Waals surface area (Å²) >= 11 is 3.59. The van der Waals surface area contributed by atoms with E-state index >= 15 is 0 Å². The number of hydrogen-bond acceptors (Lipinski definition) is 5. The molecule has 1 heterocycles. The lowest BCUT2D eigenvalue weighted by Crippen LogP contribution is -2.37. The zero-order valence-corrected chi connectivity index (χ0v) is 24.6. The molecule has 2 aromatic carbocycles. The number of phenolic OH excluding ortho intramolecular Hbond substituents is 2. The van der Waals surface area contributed by atoms with E-state index in [1.165, 1.54) is 0 Å². The molecule has 1 saturated heterocycles. The molecule has 0 atom stereocenters. The Bertz CT molecular complexity index is 1260. The van der Waals surface area contributed by atoms with Gasteiger partial charge in [0, 0.05) is 36.9 Å². The molecule has 0 bridgehead atoms. The number of piperidine rings is 1. The van der Waals surface area contributed by atoms with E-state index in [2.05, 4.69) is 54.8 Å². The van der Waals surface area contributed by atoms with Gasteiger partial charge in [-0.15, -0.1) is 9.39 Å². The number of allylic oxidation sites excluding steroid dienone is 4. The number of benzene rings is 2. The van der Waals surface area contributed by atoms with Gasteiger partial charge in [-0.3, -0.25) is 4.31 Å². The maximum atomic E-state index is 10.5. The lowest BCUT2D eigenvalue weighted by atomic mass is 9.98. The number of rotatable bonds is 10. The molecule has 0 unspecified atom stereocenters. The van der Waals surface area contributed by atoms with Gasteiger partial charge in [0.1, 0.15) is 17.3 Å². The highest BCUT2D eigenvalue weighted by atomic mass is 79.9. The van der Waals surface area contributed by atoms with Crippen molar-refractivity contribution in [1.29, 1.82) is 0 Å². The van der Waals surface area contributed by atoms with Gasteiger partial charge < -0.3 is 20.4 Å². The van der Waals surface area contributed by atoms with Crippen LogP contribution in [0.3, 0.4) is 0 Å². The van der Waals surface area contributed by atoms with Crippen LogP contribution in [0.4, 0.5) is 0 Å². The molecule has 3 rings (SSSR count). The molecule has 37 heavy (non-hydrogen) atoms. The molecule has 3 N–H and O–H groups in total. The number of phenols is 2. The van der Waals surface area contributed by atoms with Crippen LogP contribution in [0, 0.1) is 12.8 Å². The number of aryl methyl sites for hydroxylation is 1. The second kappa shape index (κ2) is 12.8. The minimum absolute atomic E-state index is 0.292. The fourth-order valence-corrected chi connectivity index (χ4v) is 7.24. The van der Waals surface area contributed by atoms with Crippen LogP contribution in [0.1, 0.15) is 30.9 Å². The summed E-state index contributed by atoms with van der Waals surface area (Å²) in [5.41, 5.74) is 2.97. The summed E-state index contributed by atoms with van der Waals surface area (Å²) in [6, 6.07) is 13.1. The fraction of sp³-hybridized carbons (Fsp3) is 0.333. The van der Waals surface area contributed by atoms with E-state index in [9.17, 15) is 10.2 Å². The molecule has 7 heteroatoms. The largest absolute Gasteiger partial charge is 0.508 e. The highest BCUT2D eigenvalue weighted by molar-refractivity contribution is 9.11. The average molecular weight is 587 g/mol. The predicted octanol–water partition coefficient (Wildman–Crippen LogP) is 6.48. The minimum atomic E-state index is -1.76. The van der Waals surface area contributed by atoms with Crippen molar-refractivity contribution in [3.63, 3.8) is 0 Å². The summed E-state index contributed by atoms with van der Waals surface area (Å²) in [4.78, 5) is 3.00. The molecule has 1 aliphatic rings. The Morgan fingerprint density at radius 3 is 2.41 bits per heavy atom. The van der Waals surface area contributed by atoms with Crippen molar-refractivity contribution in [3.8, 4) is 11.5 Å². The number of para-hydroxylation sites is 1. The van der Waals surface area contributed by atoms with E-state index in [4.69, 9.17) is 0 Å². The van der Waals surface area contributed by atoms with E-state index < -0.39 is 9.39 Å². The Morgan fingerprint density at radius 2 is 1.78 bits per heavy atom. The lowest BCUT2D eigenvalue weighted by Gasteiger charge is -2.38. The molecular formula is C30H40BrN3O2S. The van der Waals surface area contributed by atoms with E-state index in [-0.39, 0.29) is 0 Å². The number of nitrogens with zero attached hydrogens (tertiary/aromatic N) is 2. The fourth-order valence-electron chi connectivity index (χ4n) is 4.68. The molecule has 5 nitrogen and oxygen atoms in total. The SMILES string of the molecule is C=C/C(Br)=C(/C)N(C)/C(=C\Cc1ccccc1O)NCC1CCN(S(=C)(=C)c2c(C)cccc2O)CC1. The molecule has 0 saturated carbocycles. The smallest absolute Gasteiger partial charge is 0.129 e. The Labute approximate surface area is 231 Å². The maximum Gasteiger partial charge on any atom is 0.129 e. The van der Waals surface area contributed by atoms with Gasteiger partial charge in [0.15, 0.2) is 0 Å². The highest BCUT2D eigenvalue weighted by Gasteiger charge is 2.25. The first kappa shape index (κ1) is 29.0. The summed E-state index contributed by atoms with van der Waals surface area (Å²) in [6.45, 7) is 10.6. The van der Waals surface area contributed by atoms with E-state index in [1.807, 2.05) is 51.2 Å².